The predicted molar refractivity (Wildman–Crippen MR) is 46.6 cm³/mol. The van der Waals surface area contributed by atoms with Crippen molar-refractivity contribution in [1.29, 1.82) is 0 Å². The Labute approximate surface area is 71.0 Å². The Morgan fingerprint density at radius 1 is 1.75 bits per heavy atom. The molecule has 1 aromatic heterocycles. The van der Waals surface area contributed by atoms with Crippen LogP contribution in [-0.2, 0) is 4.84 Å². The summed E-state index contributed by atoms with van der Waals surface area (Å²) in [6.45, 7) is 2.36. The SMILES string of the molecule is CCO/N=C(\N)c1cccnc1. The van der Waals surface area contributed by atoms with Gasteiger partial charge in [0.15, 0.2) is 5.84 Å². The fourth-order valence-corrected chi connectivity index (χ4v) is 0.701. The fourth-order valence-electron chi connectivity index (χ4n) is 0.701. The first kappa shape index (κ1) is 8.52. The minimum atomic E-state index is 0.352. The minimum Gasteiger partial charge on any atom is -0.394 e. The van der Waals surface area contributed by atoms with Gasteiger partial charge in [-0.15, -0.1) is 0 Å². The smallest absolute Gasteiger partial charge is 0.171 e. The van der Waals surface area contributed by atoms with Crippen molar-refractivity contribution in [3.63, 3.8) is 0 Å². The van der Waals surface area contributed by atoms with Gasteiger partial charge in [-0.05, 0) is 19.1 Å². The van der Waals surface area contributed by atoms with E-state index in [0.717, 1.165) is 5.56 Å². The Hall–Kier alpha value is -1.58. The van der Waals surface area contributed by atoms with E-state index in [-0.39, 0.29) is 0 Å². The van der Waals surface area contributed by atoms with E-state index in [4.69, 9.17) is 10.6 Å². The van der Waals surface area contributed by atoms with Crippen molar-refractivity contribution >= 4 is 5.84 Å². The van der Waals surface area contributed by atoms with Gasteiger partial charge in [-0.1, -0.05) is 5.16 Å². The minimum absolute atomic E-state index is 0.352. The molecule has 0 bridgehead atoms. The van der Waals surface area contributed by atoms with Crippen LogP contribution in [0.15, 0.2) is 29.7 Å². The molecule has 0 saturated carbocycles. The lowest BCUT2D eigenvalue weighted by atomic mass is 10.3. The lowest BCUT2D eigenvalue weighted by Gasteiger charge is -1.98. The first-order chi connectivity index (χ1) is 5.84. The fraction of sp³-hybridized carbons (Fsp3) is 0.250. The summed E-state index contributed by atoms with van der Waals surface area (Å²) in [6.07, 6.45) is 3.31. The average Bonchev–Trinajstić information content (AvgIpc) is 2.15. The maximum absolute atomic E-state index is 5.57. The van der Waals surface area contributed by atoms with Gasteiger partial charge in [-0.3, -0.25) is 4.98 Å². The van der Waals surface area contributed by atoms with Crippen LogP contribution in [0.5, 0.6) is 0 Å². The molecule has 0 spiro atoms. The highest BCUT2D eigenvalue weighted by Crippen LogP contribution is 1.94. The Morgan fingerprint density at radius 3 is 3.17 bits per heavy atom. The largest absolute Gasteiger partial charge is 0.394 e. The summed E-state index contributed by atoms with van der Waals surface area (Å²) in [7, 11) is 0. The molecule has 0 aromatic carbocycles. The summed E-state index contributed by atoms with van der Waals surface area (Å²) < 4.78 is 0. The molecule has 0 unspecified atom stereocenters. The molecule has 1 rings (SSSR count). The molecule has 0 aliphatic carbocycles. The Bertz CT molecular complexity index is 258. The van der Waals surface area contributed by atoms with Gasteiger partial charge in [-0.2, -0.15) is 0 Å². The zero-order valence-electron chi connectivity index (χ0n) is 6.90. The van der Waals surface area contributed by atoms with Crippen LogP contribution in [0.4, 0.5) is 0 Å². The molecule has 1 aromatic rings. The maximum atomic E-state index is 5.57. The summed E-state index contributed by atoms with van der Waals surface area (Å²) in [5.41, 5.74) is 6.34. The van der Waals surface area contributed by atoms with E-state index >= 15 is 0 Å². The van der Waals surface area contributed by atoms with E-state index in [2.05, 4.69) is 10.1 Å². The van der Waals surface area contributed by atoms with Crippen LogP contribution in [0.25, 0.3) is 0 Å². The molecular weight excluding hydrogens is 154 g/mol. The third-order valence-corrected chi connectivity index (χ3v) is 1.25. The molecule has 0 fully saturated rings. The maximum Gasteiger partial charge on any atom is 0.171 e. The van der Waals surface area contributed by atoms with Crippen LogP contribution in [0, 0.1) is 0 Å². The second kappa shape index (κ2) is 4.33. The van der Waals surface area contributed by atoms with Gasteiger partial charge in [-0.25, -0.2) is 0 Å². The van der Waals surface area contributed by atoms with Crippen molar-refractivity contribution in [2.24, 2.45) is 10.9 Å². The van der Waals surface area contributed by atoms with Gasteiger partial charge in [0.2, 0.25) is 0 Å². The van der Waals surface area contributed by atoms with Crippen molar-refractivity contribution in [1.82, 2.24) is 4.98 Å². The first-order valence-electron chi connectivity index (χ1n) is 3.70. The number of amidine groups is 1. The normalized spacial score (nSPS) is 11.2. The summed E-state index contributed by atoms with van der Waals surface area (Å²) in [6, 6.07) is 3.62. The number of hydrogen-bond acceptors (Lipinski definition) is 3. The van der Waals surface area contributed by atoms with Crippen molar-refractivity contribution in [2.75, 3.05) is 6.61 Å². The van der Waals surface area contributed by atoms with Gasteiger partial charge in [0.1, 0.15) is 6.61 Å². The number of rotatable bonds is 3. The van der Waals surface area contributed by atoms with E-state index in [9.17, 15) is 0 Å². The molecule has 0 amide bonds. The average molecular weight is 165 g/mol. The number of aromatic nitrogens is 1. The van der Waals surface area contributed by atoms with Gasteiger partial charge >= 0.3 is 0 Å². The molecule has 0 aliphatic heterocycles. The summed E-state index contributed by atoms with van der Waals surface area (Å²) >= 11 is 0. The third-order valence-electron chi connectivity index (χ3n) is 1.25. The molecule has 0 aliphatic rings. The highest BCUT2D eigenvalue weighted by molar-refractivity contribution is 5.96. The van der Waals surface area contributed by atoms with Crippen molar-refractivity contribution in [3.05, 3.63) is 30.1 Å². The quantitative estimate of drug-likeness (QED) is 0.408. The molecule has 64 valence electrons. The molecule has 2 N–H and O–H groups in total. The van der Waals surface area contributed by atoms with E-state index in [1.807, 2.05) is 13.0 Å². The van der Waals surface area contributed by atoms with E-state index in [1.165, 1.54) is 0 Å². The van der Waals surface area contributed by atoms with Gasteiger partial charge in [0, 0.05) is 18.0 Å². The lowest BCUT2D eigenvalue weighted by Crippen LogP contribution is -2.13. The summed E-state index contributed by atoms with van der Waals surface area (Å²) in [5, 5.41) is 3.67. The molecule has 0 saturated heterocycles. The van der Waals surface area contributed by atoms with E-state index in [1.54, 1.807) is 18.5 Å². The topological polar surface area (TPSA) is 60.5 Å². The van der Waals surface area contributed by atoms with Gasteiger partial charge < -0.3 is 10.6 Å². The monoisotopic (exact) mass is 165 g/mol. The van der Waals surface area contributed by atoms with Crippen molar-refractivity contribution < 1.29 is 4.84 Å². The Kier molecular flexibility index (Phi) is 3.07. The van der Waals surface area contributed by atoms with Crippen LogP contribution in [0.2, 0.25) is 0 Å². The van der Waals surface area contributed by atoms with Gasteiger partial charge in [0.25, 0.3) is 0 Å². The number of pyridine rings is 1. The van der Waals surface area contributed by atoms with Crippen LogP contribution >= 0.6 is 0 Å². The van der Waals surface area contributed by atoms with E-state index < -0.39 is 0 Å². The molecule has 4 nitrogen and oxygen atoms in total. The second-order valence-corrected chi connectivity index (χ2v) is 2.14. The van der Waals surface area contributed by atoms with E-state index in [0.29, 0.717) is 12.4 Å². The Morgan fingerprint density at radius 2 is 2.58 bits per heavy atom. The second-order valence-electron chi connectivity index (χ2n) is 2.14. The summed E-state index contributed by atoms with van der Waals surface area (Å²) in [4.78, 5) is 8.68. The molecule has 12 heavy (non-hydrogen) atoms. The molecular formula is C8H11N3O. The van der Waals surface area contributed by atoms with Crippen molar-refractivity contribution in [2.45, 2.75) is 6.92 Å². The third kappa shape index (κ3) is 2.23. The molecule has 0 radical (unpaired) electrons. The van der Waals surface area contributed by atoms with Crippen LogP contribution in [-0.4, -0.2) is 17.4 Å². The zero-order valence-corrected chi connectivity index (χ0v) is 6.90. The molecule has 4 heteroatoms. The predicted octanol–water partition coefficient (Wildman–Crippen LogP) is 0.738. The number of nitrogens with two attached hydrogens (primary N) is 1. The first-order valence-corrected chi connectivity index (χ1v) is 3.70. The Balaban J connectivity index is 2.71. The van der Waals surface area contributed by atoms with Crippen LogP contribution in [0.1, 0.15) is 12.5 Å². The van der Waals surface area contributed by atoms with Crippen LogP contribution < -0.4 is 5.73 Å². The number of oxime groups is 1. The highest BCUT2D eigenvalue weighted by Gasteiger charge is 1.96. The van der Waals surface area contributed by atoms with Gasteiger partial charge in [0.05, 0.1) is 0 Å². The number of nitrogens with zero attached hydrogens (tertiary/aromatic N) is 2. The zero-order chi connectivity index (χ0) is 8.81. The lowest BCUT2D eigenvalue weighted by molar-refractivity contribution is 0.158. The standard InChI is InChI=1S/C8H11N3O/c1-2-12-11-8(9)7-4-3-5-10-6-7/h3-6H,2H2,1H3,(H2,9,11). The highest BCUT2D eigenvalue weighted by atomic mass is 16.6. The number of hydrogen-bond donors (Lipinski definition) is 1. The summed E-state index contributed by atoms with van der Waals surface area (Å²) in [5.74, 6) is 0.352. The molecule has 1 heterocycles. The molecule has 0 atom stereocenters. The van der Waals surface area contributed by atoms with Crippen molar-refractivity contribution in [3.8, 4) is 0 Å². The van der Waals surface area contributed by atoms with Crippen LogP contribution in [0.3, 0.4) is 0 Å².